The second kappa shape index (κ2) is 7.47. The van der Waals surface area contributed by atoms with Crippen molar-refractivity contribution in [3.63, 3.8) is 0 Å². The van der Waals surface area contributed by atoms with Gasteiger partial charge in [-0.2, -0.15) is 0 Å². The molecule has 2 rings (SSSR count). The summed E-state index contributed by atoms with van der Waals surface area (Å²) < 4.78 is 2.08. The molecule has 0 aromatic carbocycles. The van der Waals surface area contributed by atoms with Crippen LogP contribution in [0.15, 0.2) is 29.6 Å². The Balaban J connectivity index is 1.83. The zero-order valence-electron chi connectivity index (χ0n) is 13.6. The summed E-state index contributed by atoms with van der Waals surface area (Å²) in [5, 5.41) is 7.92. The number of carbonyl (C=O) groups is 1. The smallest absolute Gasteiger partial charge is 0.315 e. The summed E-state index contributed by atoms with van der Waals surface area (Å²) in [6.45, 7) is 3.17. The van der Waals surface area contributed by atoms with Crippen LogP contribution in [0.4, 0.5) is 4.79 Å². The molecular weight excluding hydrogens is 296 g/mol. The lowest BCUT2D eigenvalue weighted by atomic mass is 10.2. The molecule has 0 saturated carbocycles. The van der Waals surface area contributed by atoms with Crippen molar-refractivity contribution < 1.29 is 4.79 Å². The van der Waals surface area contributed by atoms with Crippen molar-refractivity contribution in [2.75, 3.05) is 20.6 Å². The average Bonchev–Trinajstić information content (AvgIpc) is 3.09. The topological polar surface area (TPSA) is 49.3 Å². The fraction of sp³-hybridized carbons (Fsp3) is 0.438. The van der Waals surface area contributed by atoms with Crippen LogP contribution in [-0.4, -0.2) is 36.1 Å². The van der Waals surface area contributed by atoms with Crippen molar-refractivity contribution in [2.45, 2.75) is 19.5 Å². The number of amides is 2. The van der Waals surface area contributed by atoms with E-state index in [1.165, 1.54) is 10.6 Å². The molecule has 0 spiro atoms. The molecule has 1 unspecified atom stereocenters. The lowest BCUT2D eigenvalue weighted by molar-refractivity contribution is 0.232. The molecule has 2 aromatic heterocycles. The number of nitrogens with zero attached hydrogens (tertiary/aromatic N) is 2. The normalized spacial score (nSPS) is 12.4. The zero-order chi connectivity index (χ0) is 16.1. The van der Waals surface area contributed by atoms with Crippen molar-refractivity contribution >= 4 is 17.4 Å². The van der Waals surface area contributed by atoms with E-state index < -0.39 is 0 Å². The van der Waals surface area contributed by atoms with Crippen molar-refractivity contribution in [1.82, 2.24) is 20.1 Å². The highest BCUT2D eigenvalue weighted by atomic mass is 32.1. The third kappa shape index (κ3) is 4.11. The van der Waals surface area contributed by atoms with Crippen molar-refractivity contribution in [1.29, 1.82) is 0 Å². The van der Waals surface area contributed by atoms with E-state index >= 15 is 0 Å². The van der Waals surface area contributed by atoms with E-state index in [2.05, 4.69) is 31.5 Å². The van der Waals surface area contributed by atoms with Gasteiger partial charge in [-0.05, 0) is 44.6 Å². The van der Waals surface area contributed by atoms with E-state index in [9.17, 15) is 4.79 Å². The number of hydrogen-bond acceptors (Lipinski definition) is 3. The SMILES string of the molecule is Cc1ccc(CNC(=O)NCC(c2cccs2)N(C)C)n1C. The lowest BCUT2D eigenvalue weighted by Crippen LogP contribution is -2.40. The van der Waals surface area contributed by atoms with Crippen molar-refractivity contribution in [2.24, 2.45) is 7.05 Å². The third-order valence-electron chi connectivity index (χ3n) is 3.86. The Kier molecular flexibility index (Phi) is 5.63. The maximum Gasteiger partial charge on any atom is 0.315 e. The number of urea groups is 1. The minimum atomic E-state index is -0.137. The first-order chi connectivity index (χ1) is 10.5. The molecule has 0 saturated heterocycles. The van der Waals surface area contributed by atoms with Crippen LogP contribution in [-0.2, 0) is 13.6 Å². The summed E-state index contributed by atoms with van der Waals surface area (Å²) in [5.74, 6) is 0. The van der Waals surface area contributed by atoms with E-state index in [1.807, 2.05) is 46.3 Å². The molecule has 1 atom stereocenters. The molecule has 0 aliphatic rings. The van der Waals surface area contributed by atoms with Gasteiger partial charge < -0.3 is 20.1 Å². The van der Waals surface area contributed by atoms with E-state index in [1.54, 1.807) is 11.3 Å². The van der Waals surface area contributed by atoms with Gasteiger partial charge in [0.1, 0.15) is 0 Å². The van der Waals surface area contributed by atoms with Gasteiger partial charge in [0.05, 0.1) is 12.6 Å². The minimum absolute atomic E-state index is 0.137. The second-order valence-electron chi connectivity index (χ2n) is 5.58. The summed E-state index contributed by atoms with van der Waals surface area (Å²) >= 11 is 1.71. The summed E-state index contributed by atoms with van der Waals surface area (Å²) in [7, 11) is 6.05. The summed E-state index contributed by atoms with van der Waals surface area (Å²) in [4.78, 5) is 15.4. The van der Waals surface area contributed by atoms with Crippen LogP contribution in [0.5, 0.6) is 0 Å². The van der Waals surface area contributed by atoms with Gasteiger partial charge in [0.15, 0.2) is 0 Å². The Labute approximate surface area is 135 Å². The summed E-state index contributed by atoms with van der Waals surface area (Å²) in [6.07, 6.45) is 0. The van der Waals surface area contributed by atoms with Gasteiger partial charge in [-0.1, -0.05) is 6.07 Å². The highest BCUT2D eigenvalue weighted by molar-refractivity contribution is 7.10. The van der Waals surface area contributed by atoms with Crippen molar-refractivity contribution in [3.8, 4) is 0 Å². The Morgan fingerprint density at radius 2 is 2.09 bits per heavy atom. The van der Waals surface area contributed by atoms with Gasteiger partial charge in [0, 0.05) is 29.9 Å². The van der Waals surface area contributed by atoms with Gasteiger partial charge in [-0.25, -0.2) is 4.79 Å². The van der Waals surface area contributed by atoms with E-state index in [0.29, 0.717) is 13.1 Å². The molecule has 0 radical (unpaired) electrons. The van der Waals surface area contributed by atoms with Gasteiger partial charge in [0.25, 0.3) is 0 Å². The Bertz CT molecular complexity index is 604. The molecule has 0 fully saturated rings. The largest absolute Gasteiger partial charge is 0.350 e. The molecule has 0 bridgehead atoms. The van der Waals surface area contributed by atoms with Crippen molar-refractivity contribution in [3.05, 3.63) is 45.9 Å². The molecule has 0 aliphatic carbocycles. The fourth-order valence-electron chi connectivity index (χ4n) is 2.29. The number of thiophene rings is 1. The highest BCUT2D eigenvalue weighted by Gasteiger charge is 2.16. The van der Waals surface area contributed by atoms with Crippen LogP contribution in [0.2, 0.25) is 0 Å². The standard InChI is InChI=1S/C16H24N4OS/c1-12-7-8-13(20(12)4)10-17-16(21)18-11-14(19(2)3)15-6-5-9-22-15/h5-9,14H,10-11H2,1-4H3,(H2,17,18,21). The summed E-state index contributed by atoms with van der Waals surface area (Å²) in [6, 6.07) is 8.28. The first-order valence-corrected chi connectivity index (χ1v) is 8.19. The van der Waals surface area contributed by atoms with Crippen LogP contribution in [0.3, 0.4) is 0 Å². The Morgan fingerprint density at radius 1 is 1.32 bits per heavy atom. The summed E-state index contributed by atoms with van der Waals surface area (Å²) in [5.41, 5.74) is 2.28. The minimum Gasteiger partial charge on any atom is -0.350 e. The molecule has 2 amide bonds. The highest BCUT2D eigenvalue weighted by Crippen LogP contribution is 2.22. The molecule has 6 heteroatoms. The predicted molar refractivity (Wildman–Crippen MR) is 91.1 cm³/mol. The van der Waals surface area contributed by atoms with Crippen LogP contribution in [0, 0.1) is 6.92 Å². The number of rotatable bonds is 6. The van der Waals surface area contributed by atoms with Crippen LogP contribution < -0.4 is 10.6 Å². The van der Waals surface area contributed by atoms with Gasteiger partial charge in [-0.3, -0.25) is 0 Å². The van der Waals surface area contributed by atoms with E-state index in [0.717, 1.165) is 5.69 Å². The number of nitrogens with one attached hydrogen (secondary N) is 2. The molecule has 22 heavy (non-hydrogen) atoms. The number of likely N-dealkylation sites (N-methyl/N-ethyl adjacent to an activating group) is 1. The van der Waals surface area contributed by atoms with Gasteiger partial charge in [-0.15, -0.1) is 11.3 Å². The third-order valence-corrected chi connectivity index (χ3v) is 4.83. The van der Waals surface area contributed by atoms with Crippen LogP contribution in [0.1, 0.15) is 22.3 Å². The zero-order valence-corrected chi connectivity index (χ0v) is 14.4. The number of aryl methyl sites for hydroxylation is 1. The number of hydrogen-bond donors (Lipinski definition) is 2. The van der Waals surface area contributed by atoms with Crippen LogP contribution in [0.25, 0.3) is 0 Å². The lowest BCUT2D eigenvalue weighted by Gasteiger charge is -2.23. The first-order valence-electron chi connectivity index (χ1n) is 7.31. The molecule has 2 N–H and O–H groups in total. The van der Waals surface area contributed by atoms with Gasteiger partial charge in [0.2, 0.25) is 0 Å². The molecule has 120 valence electrons. The molecule has 5 nitrogen and oxygen atoms in total. The molecule has 2 aromatic rings. The molecular formula is C16H24N4OS. The maximum absolute atomic E-state index is 12.0. The van der Waals surface area contributed by atoms with Crippen LogP contribution >= 0.6 is 11.3 Å². The average molecular weight is 320 g/mol. The Morgan fingerprint density at radius 3 is 2.64 bits per heavy atom. The first kappa shape index (κ1) is 16.6. The molecule has 0 aliphatic heterocycles. The number of carbonyl (C=O) groups excluding carboxylic acids is 1. The quantitative estimate of drug-likeness (QED) is 0.859. The van der Waals surface area contributed by atoms with E-state index in [-0.39, 0.29) is 12.1 Å². The van der Waals surface area contributed by atoms with E-state index in [4.69, 9.17) is 0 Å². The van der Waals surface area contributed by atoms with Gasteiger partial charge >= 0.3 is 6.03 Å². The maximum atomic E-state index is 12.0. The fourth-order valence-corrected chi connectivity index (χ4v) is 3.21. The monoisotopic (exact) mass is 320 g/mol. The predicted octanol–water partition coefficient (Wildman–Crippen LogP) is 2.50. The Hall–Kier alpha value is -1.79. The second-order valence-corrected chi connectivity index (χ2v) is 6.56. The molecule has 2 heterocycles. The number of aromatic nitrogens is 1.